The molecule has 5 heteroatoms. The van der Waals surface area contributed by atoms with Crippen LogP contribution in [0.15, 0.2) is 16.5 Å². The van der Waals surface area contributed by atoms with E-state index in [0.29, 0.717) is 0 Å². The molecule has 8 aliphatic carbocycles. The van der Waals surface area contributed by atoms with Crippen LogP contribution >= 0.6 is 0 Å². The van der Waals surface area contributed by atoms with Crippen LogP contribution in [-0.2, 0) is 0 Å². The van der Waals surface area contributed by atoms with Gasteiger partial charge in [-0.25, -0.2) is 0 Å². The summed E-state index contributed by atoms with van der Waals surface area (Å²) in [5.41, 5.74) is -0.0829. The summed E-state index contributed by atoms with van der Waals surface area (Å²) < 4.78 is 5.81. The van der Waals surface area contributed by atoms with Crippen LogP contribution in [-0.4, -0.2) is 22.9 Å². The zero-order valence-corrected chi connectivity index (χ0v) is 18.3. The van der Waals surface area contributed by atoms with Gasteiger partial charge in [-0.05, 0) is 125 Å². The van der Waals surface area contributed by atoms with Crippen molar-refractivity contribution >= 4 is 11.8 Å². The fraction of sp³-hybridized carbons (Fsp3) is 0.769. The summed E-state index contributed by atoms with van der Waals surface area (Å²) in [7, 11) is 0. The third-order valence-corrected chi connectivity index (χ3v) is 9.89. The van der Waals surface area contributed by atoms with Gasteiger partial charge in [-0.15, -0.1) is 0 Å². The molecular formula is C26H34N2O3. The molecule has 0 spiro atoms. The minimum absolute atomic E-state index is 0.0414. The largest absolute Gasteiger partial charge is 0.446 e. The summed E-state index contributed by atoms with van der Waals surface area (Å²) in [6, 6.07) is 3.37. The van der Waals surface area contributed by atoms with E-state index in [1.54, 1.807) is 12.1 Å². The Morgan fingerprint density at radius 3 is 1.19 bits per heavy atom. The molecule has 31 heavy (non-hydrogen) atoms. The fourth-order valence-corrected chi connectivity index (χ4v) is 9.71. The van der Waals surface area contributed by atoms with Crippen LogP contribution in [0.1, 0.15) is 98.2 Å². The van der Waals surface area contributed by atoms with E-state index in [2.05, 4.69) is 10.6 Å². The van der Waals surface area contributed by atoms with Crippen molar-refractivity contribution < 1.29 is 14.0 Å². The van der Waals surface area contributed by atoms with Gasteiger partial charge in [0.1, 0.15) is 0 Å². The molecule has 8 bridgehead atoms. The van der Waals surface area contributed by atoms with Crippen molar-refractivity contribution in [3.8, 4) is 0 Å². The molecule has 1 aromatic heterocycles. The van der Waals surface area contributed by atoms with Crippen molar-refractivity contribution in [1.82, 2.24) is 10.6 Å². The Hall–Kier alpha value is -1.78. The van der Waals surface area contributed by atoms with E-state index in [0.717, 1.165) is 74.0 Å². The average Bonchev–Trinajstić information content (AvgIpc) is 3.15. The Balaban J connectivity index is 1.04. The number of carbonyl (C=O) groups is 2. The molecule has 1 heterocycles. The molecule has 0 atom stereocenters. The highest BCUT2D eigenvalue weighted by Crippen LogP contribution is 2.56. The van der Waals surface area contributed by atoms with E-state index in [9.17, 15) is 9.59 Å². The summed E-state index contributed by atoms with van der Waals surface area (Å²) in [5, 5.41) is 6.71. The summed E-state index contributed by atoms with van der Waals surface area (Å²) in [4.78, 5) is 26.1. The van der Waals surface area contributed by atoms with Gasteiger partial charge >= 0.3 is 0 Å². The lowest BCUT2D eigenvalue weighted by molar-refractivity contribution is -0.0172. The first-order valence-electron chi connectivity index (χ1n) is 12.7. The van der Waals surface area contributed by atoms with Crippen LogP contribution in [0.3, 0.4) is 0 Å². The van der Waals surface area contributed by atoms with Crippen molar-refractivity contribution in [2.75, 3.05) is 0 Å². The minimum Gasteiger partial charge on any atom is -0.446 e. The number of amides is 2. The number of nitrogens with one attached hydrogen (secondary N) is 2. The molecule has 0 radical (unpaired) electrons. The van der Waals surface area contributed by atoms with Gasteiger partial charge in [0.15, 0.2) is 11.5 Å². The summed E-state index contributed by atoms with van der Waals surface area (Å²) >= 11 is 0. The predicted molar refractivity (Wildman–Crippen MR) is 115 cm³/mol. The third-order valence-electron chi connectivity index (χ3n) is 9.89. The Morgan fingerprint density at radius 1 is 0.613 bits per heavy atom. The van der Waals surface area contributed by atoms with E-state index in [4.69, 9.17) is 4.42 Å². The predicted octanol–water partition coefficient (Wildman–Crippen LogP) is 4.68. The normalized spacial score (nSPS) is 46.3. The zero-order chi connectivity index (χ0) is 20.8. The lowest BCUT2D eigenvalue weighted by Gasteiger charge is -2.56. The molecule has 8 saturated carbocycles. The molecular weight excluding hydrogens is 388 g/mol. The molecule has 0 aromatic carbocycles. The SMILES string of the molecule is O=C(NC12CC3CC(CC(C3)C1)C2)c1ccc(C(=O)NC23CC4CC(CC(C4)C2)C3)o1. The van der Waals surface area contributed by atoms with Crippen LogP contribution < -0.4 is 10.6 Å². The van der Waals surface area contributed by atoms with E-state index in [1.807, 2.05) is 0 Å². The topological polar surface area (TPSA) is 71.3 Å². The smallest absolute Gasteiger partial charge is 0.287 e. The summed E-state index contributed by atoms with van der Waals surface area (Å²) in [5.74, 6) is 4.98. The van der Waals surface area contributed by atoms with Crippen LogP contribution in [0.25, 0.3) is 0 Å². The molecule has 166 valence electrons. The van der Waals surface area contributed by atoms with Crippen molar-refractivity contribution in [3.05, 3.63) is 23.7 Å². The van der Waals surface area contributed by atoms with Gasteiger partial charge < -0.3 is 15.1 Å². The van der Waals surface area contributed by atoms with Crippen LogP contribution in [0.5, 0.6) is 0 Å². The zero-order valence-electron chi connectivity index (χ0n) is 18.3. The van der Waals surface area contributed by atoms with Crippen LogP contribution in [0.4, 0.5) is 0 Å². The Kier molecular flexibility index (Phi) is 3.86. The van der Waals surface area contributed by atoms with Crippen molar-refractivity contribution in [2.24, 2.45) is 35.5 Å². The second kappa shape index (κ2) is 6.39. The highest BCUT2D eigenvalue weighted by atomic mass is 16.4. The lowest BCUT2D eigenvalue weighted by Crippen LogP contribution is -2.60. The number of hydrogen-bond donors (Lipinski definition) is 2. The number of carbonyl (C=O) groups excluding carboxylic acids is 2. The first-order valence-corrected chi connectivity index (χ1v) is 12.7. The van der Waals surface area contributed by atoms with E-state index >= 15 is 0 Å². The van der Waals surface area contributed by atoms with E-state index < -0.39 is 0 Å². The minimum atomic E-state index is -0.143. The molecule has 8 aliphatic rings. The van der Waals surface area contributed by atoms with Crippen LogP contribution in [0.2, 0.25) is 0 Å². The third kappa shape index (κ3) is 3.09. The monoisotopic (exact) mass is 422 g/mol. The molecule has 9 rings (SSSR count). The number of hydrogen-bond acceptors (Lipinski definition) is 3. The maximum absolute atomic E-state index is 13.0. The standard InChI is InChI=1S/C26H34N2O3/c29-23(27-25-9-15-3-16(10-25)5-17(4-15)11-25)21-1-2-22(31-21)24(30)28-26-12-18-6-19(13-26)8-20(7-18)14-26/h1-2,15-20H,3-14H2,(H,27,29)(H,28,30). The average molecular weight is 423 g/mol. The highest BCUT2D eigenvalue weighted by Gasteiger charge is 2.53. The number of furan rings is 1. The first-order chi connectivity index (χ1) is 14.9. The van der Waals surface area contributed by atoms with E-state index in [1.165, 1.54) is 38.5 Å². The highest BCUT2D eigenvalue weighted by molar-refractivity contribution is 5.96. The lowest BCUT2D eigenvalue weighted by atomic mass is 9.53. The molecule has 5 nitrogen and oxygen atoms in total. The van der Waals surface area contributed by atoms with Gasteiger partial charge in [0.25, 0.3) is 11.8 Å². The second-order valence-corrected chi connectivity index (χ2v) is 12.5. The molecule has 2 amide bonds. The Labute approximate surface area is 184 Å². The maximum atomic E-state index is 13.0. The van der Waals surface area contributed by atoms with Gasteiger partial charge in [0, 0.05) is 11.1 Å². The van der Waals surface area contributed by atoms with Gasteiger partial charge in [0.2, 0.25) is 0 Å². The second-order valence-electron chi connectivity index (χ2n) is 12.5. The fourth-order valence-electron chi connectivity index (χ4n) is 9.71. The molecule has 2 N–H and O–H groups in total. The Bertz CT molecular complexity index is 788. The Morgan fingerprint density at radius 2 is 0.903 bits per heavy atom. The van der Waals surface area contributed by atoms with Crippen molar-refractivity contribution in [3.63, 3.8) is 0 Å². The molecule has 0 aliphatic heterocycles. The van der Waals surface area contributed by atoms with Gasteiger partial charge in [-0.3, -0.25) is 9.59 Å². The quantitative estimate of drug-likeness (QED) is 0.740. The van der Waals surface area contributed by atoms with Gasteiger partial charge in [0.05, 0.1) is 0 Å². The van der Waals surface area contributed by atoms with Gasteiger partial charge in [-0.1, -0.05) is 0 Å². The molecule has 1 aromatic rings. The summed E-state index contributed by atoms with van der Waals surface area (Å²) in [6.07, 6.45) is 14.8. The molecule has 0 saturated heterocycles. The van der Waals surface area contributed by atoms with E-state index in [-0.39, 0.29) is 34.4 Å². The van der Waals surface area contributed by atoms with Crippen molar-refractivity contribution in [1.29, 1.82) is 0 Å². The molecule has 8 fully saturated rings. The number of rotatable bonds is 4. The van der Waals surface area contributed by atoms with Gasteiger partial charge in [-0.2, -0.15) is 0 Å². The maximum Gasteiger partial charge on any atom is 0.287 e. The molecule has 0 unspecified atom stereocenters. The van der Waals surface area contributed by atoms with Crippen LogP contribution in [0, 0.1) is 35.5 Å². The van der Waals surface area contributed by atoms with Crippen molar-refractivity contribution in [2.45, 2.75) is 88.1 Å². The first kappa shape index (κ1) is 18.8. The summed E-state index contributed by atoms with van der Waals surface area (Å²) in [6.45, 7) is 0.